The van der Waals surface area contributed by atoms with Crippen LogP contribution in [0.15, 0.2) is 52.3 Å². The van der Waals surface area contributed by atoms with Gasteiger partial charge in [-0.25, -0.2) is 0 Å². The van der Waals surface area contributed by atoms with Gasteiger partial charge in [-0.05, 0) is 43.0 Å². The number of aryl methyl sites for hydroxylation is 1. The number of benzene rings is 2. The van der Waals surface area contributed by atoms with Crippen molar-refractivity contribution < 1.29 is 14.8 Å². The number of nitrogens with zero attached hydrogens (tertiary/aromatic N) is 1. The Morgan fingerprint density at radius 1 is 1.22 bits per heavy atom. The monoisotopic (exact) mass is 388 g/mol. The van der Waals surface area contributed by atoms with Crippen molar-refractivity contribution in [3.63, 3.8) is 0 Å². The van der Waals surface area contributed by atoms with E-state index in [0.29, 0.717) is 16.9 Å². The Hall–Kier alpha value is -2.38. The normalized spacial score (nSPS) is 12.1. The van der Waals surface area contributed by atoms with Crippen LogP contribution in [0.3, 0.4) is 0 Å². The summed E-state index contributed by atoms with van der Waals surface area (Å²) in [7, 11) is 0. The van der Waals surface area contributed by atoms with Crippen LogP contribution in [0.5, 0.6) is 0 Å². The molecule has 0 heterocycles. The van der Waals surface area contributed by atoms with Crippen molar-refractivity contribution in [3.8, 4) is 0 Å². The van der Waals surface area contributed by atoms with Gasteiger partial charge < -0.3 is 10.4 Å². The number of carboxylic acids is 1. The molecule has 0 saturated carbocycles. The largest absolute Gasteiger partial charge is 0.480 e. The summed E-state index contributed by atoms with van der Waals surface area (Å²) in [4.78, 5) is 23.9. The molecule has 0 spiro atoms. The molecule has 0 aliphatic rings. The van der Waals surface area contributed by atoms with E-state index in [2.05, 4.69) is 5.32 Å². The molecule has 7 heteroatoms. The number of aliphatic carboxylic acids is 1. The van der Waals surface area contributed by atoms with Gasteiger partial charge in [-0.1, -0.05) is 49.4 Å². The number of nitro benzene ring substituents is 1. The van der Waals surface area contributed by atoms with E-state index in [0.717, 1.165) is 10.5 Å². The molecule has 0 aromatic heterocycles. The fourth-order valence-corrected chi connectivity index (χ4v) is 3.52. The van der Waals surface area contributed by atoms with Gasteiger partial charge in [-0.15, -0.1) is 0 Å². The molecule has 0 amide bonds. The molecule has 2 aromatic carbocycles. The third-order valence-corrected chi connectivity index (χ3v) is 5.10. The van der Waals surface area contributed by atoms with E-state index in [1.807, 2.05) is 45.0 Å². The lowest BCUT2D eigenvalue weighted by Crippen LogP contribution is -2.37. The average Bonchev–Trinajstić information content (AvgIpc) is 2.60. The topological polar surface area (TPSA) is 92.5 Å². The number of carboxylic acid groups (broad SMARTS) is 1. The molecular weight excluding hydrogens is 364 g/mol. The Morgan fingerprint density at radius 2 is 1.89 bits per heavy atom. The van der Waals surface area contributed by atoms with E-state index in [9.17, 15) is 20.0 Å². The van der Waals surface area contributed by atoms with Gasteiger partial charge in [-0.2, -0.15) is 0 Å². The second-order valence-corrected chi connectivity index (χ2v) is 7.99. The van der Waals surface area contributed by atoms with Gasteiger partial charge in [0.1, 0.15) is 6.04 Å². The quantitative estimate of drug-likeness (QED) is 0.480. The van der Waals surface area contributed by atoms with E-state index in [4.69, 9.17) is 0 Å². The van der Waals surface area contributed by atoms with Gasteiger partial charge in [0, 0.05) is 17.5 Å². The summed E-state index contributed by atoms with van der Waals surface area (Å²) >= 11 is 1.34. The fraction of sp³-hybridized carbons (Fsp3) is 0.350. The first-order valence-electron chi connectivity index (χ1n) is 8.74. The number of nitrogens with one attached hydrogen (secondary N) is 1. The second-order valence-electron chi connectivity index (χ2n) is 6.88. The SMILES string of the molecule is Cc1ccc(Sc2ccc(CN[C@@H](CC(C)C)C(=O)O)cc2[N+](=O)[O-])cc1. The zero-order valence-corrected chi connectivity index (χ0v) is 16.5. The molecule has 0 aliphatic carbocycles. The Kier molecular flexibility index (Phi) is 7.38. The van der Waals surface area contributed by atoms with Gasteiger partial charge in [-0.3, -0.25) is 14.9 Å². The van der Waals surface area contributed by atoms with Crippen LogP contribution >= 0.6 is 11.8 Å². The summed E-state index contributed by atoms with van der Waals surface area (Å²) in [6, 6.07) is 12.2. The van der Waals surface area contributed by atoms with Crippen LogP contribution in [0.2, 0.25) is 0 Å². The molecule has 2 N–H and O–H groups in total. The number of rotatable bonds is 9. The van der Waals surface area contributed by atoms with Crippen molar-refractivity contribution in [1.29, 1.82) is 0 Å². The Labute approximate surface area is 163 Å². The molecule has 0 saturated heterocycles. The molecule has 2 rings (SSSR count). The van der Waals surface area contributed by atoms with Crippen LogP contribution < -0.4 is 5.32 Å². The number of hydrogen-bond donors (Lipinski definition) is 2. The van der Waals surface area contributed by atoms with Crippen molar-refractivity contribution in [3.05, 3.63) is 63.7 Å². The average molecular weight is 388 g/mol. The lowest BCUT2D eigenvalue weighted by molar-refractivity contribution is -0.387. The second kappa shape index (κ2) is 9.53. The zero-order valence-electron chi connectivity index (χ0n) is 15.6. The maximum absolute atomic E-state index is 11.5. The maximum Gasteiger partial charge on any atom is 0.320 e. The van der Waals surface area contributed by atoms with E-state index in [1.165, 1.54) is 17.8 Å². The van der Waals surface area contributed by atoms with E-state index >= 15 is 0 Å². The fourth-order valence-electron chi connectivity index (χ4n) is 2.62. The predicted molar refractivity (Wildman–Crippen MR) is 106 cm³/mol. The van der Waals surface area contributed by atoms with Gasteiger partial charge in [0.05, 0.1) is 9.82 Å². The first kappa shape index (κ1) is 20.9. The molecule has 1 atom stereocenters. The lowest BCUT2D eigenvalue weighted by Gasteiger charge is -2.16. The van der Waals surface area contributed by atoms with Crippen molar-refractivity contribution in [1.82, 2.24) is 5.32 Å². The van der Waals surface area contributed by atoms with Crippen LogP contribution in [0.25, 0.3) is 0 Å². The molecule has 0 aliphatic heterocycles. The highest BCUT2D eigenvalue weighted by molar-refractivity contribution is 7.99. The van der Waals surface area contributed by atoms with E-state index in [-0.39, 0.29) is 18.2 Å². The first-order valence-corrected chi connectivity index (χ1v) is 9.56. The number of carbonyl (C=O) groups is 1. The molecule has 144 valence electrons. The highest BCUT2D eigenvalue weighted by atomic mass is 32.2. The third-order valence-electron chi connectivity index (χ3n) is 4.03. The smallest absolute Gasteiger partial charge is 0.320 e. The van der Waals surface area contributed by atoms with E-state index < -0.39 is 16.9 Å². The minimum atomic E-state index is -0.912. The van der Waals surface area contributed by atoms with Gasteiger partial charge in [0.25, 0.3) is 5.69 Å². The highest BCUT2D eigenvalue weighted by Gasteiger charge is 2.20. The molecule has 0 unspecified atom stereocenters. The van der Waals surface area contributed by atoms with Crippen molar-refractivity contribution in [2.75, 3.05) is 0 Å². The van der Waals surface area contributed by atoms with Crippen molar-refractivity contribution >= 4 is 23.4 Å². The minimum absolute atomic E-state index is 0.0237. The lowest BCUT2D eigenvalue weighted by atomic mass is 10.0. The van der Waals surface area contributed by atoms with Crippen LogP contribution in [0, 0.1) is 23.0 Å². The van der Waals surface area contributed by atoms with Crippen molar-refractivity contribution in [2.45, 2.75) is 49.6 Å². The maximum atomic E-state index is 11.5. The van der Waals surface area contributed by atoms with Gasteiger partial charge >= 0.3 is 5.97 Å². The zero-order chi connectivity index (χ0) is 20.0. The molecule has 2 aromatic rings. The first-order chi connectivity index (χ1) is 12.8. The van der Waals surface area contributed by atoms with Crippen LogP contribution in [-0.2, 0) is 11.3 Å². The molecule has 0 radical (unpaired) electrons. The van der Waals surface area contributed by atoms with E-state index in [1.54, 1.807) is 12.1 Å². The Balaban J connectivity index is 2.15. The number of hydrogen-bond acceptors (Lipinski definition) is 5. The summed E-state index contributed by atoms with van der Waals surface area (Å²) in [6.45, 7) is 6.17. The van der Waals surface area contributed by atoms with Crippen molar-refractivity contribution in [2.24, 2.45) is 5.92 Å². The molecular formula is C20H24N2O4S. The highest BCUT2D eigenvalue weighted by Crippen LogP contribution is 2.35. The standard InChI is InChI=1S/C20H24N2O4S/c1-13(2)10-17(20(23)24)21-12-15-6-9-19(18(11-15)22(25)26)27-16-7-4-14(3)5-8-16/h4-9,11,13,17,21H,10,12H2,1-3H3,(H,23,24)/t17-/m0/s1. The van der Waals surface area contributed by atoms with Crippen LogP contribution in [-0.4, -0.2) is 22.0 Å². The van der Waals surface area contributed by atoms with Crippen LogP contribution in [0.4, 0.5) is 5.69 Å². The summed E-state index contributed by atoms with van der Waals surface area (Å²) < 4.78 is 0. The Morgan fingerprint density at radius 3 is 2.44 bits per heavy atom. The summed E-state index contributed by atoms with van der Waals surface area (Å²) in [5, 5.41) is 23.8. The van der Waals surface area contributed by atoms with Crippen LogP contribution in [0.1, 0.15) is 31.4 Å². The van der Waals surface area contributed by atoms with Gasteiger partial charge in [0.2, 0.25) is 0 Å². The summed E-state index contributed by atoms with van der Waals surface area (Å²) in [5.41, 5.74) is 1.84. The minimum Gasteiger partial charge on any atom is -0.480 e. The number of nitro groups is 1. The Bertz CT molecular complexity index is 806. The van der Waals surface area contributed by atoms with Gasteiger partial charge in [0.15, 0.2) is 0 Å². The molecule has 0 fully saturated rings. The third kappa shape index (κ3) is 6.37. The molecule has 6 nitrogen and oxygen atoms in total. The molecule has 0 bridgehead atoms. The summed E-state index contributed by atoms with van der Waals surface area (Å²) in [6.07, 6.45) is 0.499. The molecule has 27 heavy (non-hydrogen) atoms. The summed E-state index contributed by atoms with van der Waals surface area (Å²) in [5.74, 6) is -0.675. The predicted octanol–water partition coefficient (Wildman–Crippen LogP) is 4.64.